The van der Waals surface area contributed by atoms with Crippen molar-refractivity contribution in [3.8, 4) is 0 Å². The van der Waals surface area contributed by atoms with Crippen molar-refractivity contribution < 1.29 is 14.3 Å². The number of hydrogen-bond acceptors (Lipinski definition) is 7. The fourth-order valence-electron chi connectivity index (χ4n) is 2.80. The van der Waals surface area contributed by atoms with Gasteiger partial charge in [-0.25, -0.2) is 4.79 Å². The summed E-state index contributed by atoms with van der Waals surface area (Å²) in [6.07, 6.45) is 1.67. The number of methoxy groups -OCH3 is 1. The molecule has 1 N–H and O–H groups in total. The molecule has 152 valence electrons. The Kier molecular flexibility index (Phi) is 7.42. The largest absolute Gasteiger partial charge is 0.465 e. The fourth-order valence-corrected chi connectivity index (χ4v) is 4.41. The van der Waals surface area contributed by atoms with E-state index in [0.717, 1.165) is 25.2 Å². The van der Waals surface area contributed by atoms with E-state index in [-0.39, 0.29) is 11.7 Å². The molecule has 0 fully saturated rings. The molecule has 0 saturated heterocycles. The number of carbonyl (C=O) groups excluding carboxylic acids is 2. The van der Waals surface area contributed by atoms with Crippen LogP contribution in [0.4, 0.5) is 5.00 Å². The van der Waals surface area contributed by atoms with Crippen LogP contribution in [0.25, 0.3) is 0 Å². The van der Waals surface area contributed by atoms with E-state index in [0.29, 0.717) is 15.7 Å². The van der Waals surface area contributed by atoms with Crippen LogP contribution in [-0.4, -0.2) is 39.5 Å². The predicted molar refractivity (Wildman–Crippen MR) is 115 cm³/mol. The van der Waals surface area contributed by atoms with E-state index in [2.05, 4.69) is 27.6 Å². The number of ether oxygens (including phenoxy) is 1. The number of esters is 1. The molecule has 9 heteroatoms. The molecule has 0 aliphatic heterocycles. The van der Waals surface area contributed by atoms with Gasteiger partial charge >= 0.3 is 5.97 Å². The number of benzene rings is 1. The zero-order valence-electron chi connectivity index (χ0n) is 16.3. The Morgan fingerprint density at radius 1 is 1.17 bits per heavy atom. The monoisotopic (exact) mass is 430 g/mol. The minimum absolute atomic E-state index is 0.176. The quantitative estimate of drug-likeness (QED) is 0.412. The first-order valence-corrected chi connectivity index (χ1v) is 11.0. The Balaban J connectivity index is 1.58. The van der Waals surface area contributed by atoms with E-state index in [1.54, 1.807) is 11.4 Å². The molecule has 2 aromatic heterocycles. The van der Waals surface area contributed by atoms with Crippen molar-refractivity contribution in [1.29, 1.82) is 0 Å². The Morgan fingerprint density at radius 2 is 1.97 bits per heavy atom. The minimum atomic E-state index is -0.469. The van der Waals surface area contributed by atoms with Crippen molar-refractivity contribution in [2.45, 2.75) is 31.5 Å². The lowest BCUT2D eigenvalue weighted by atomic mass is 10.1. The van der Waals surface area contributed by atoms with Crippen LogP contribution < -0.4 is 5.32 Å². The molecule has 0 atom stereocenters. The van der Waals surface area contributed by atoms with Gasteiger partial charge in [0.25, 0.3) is 0 Å². The van der Waals surface area contributed by atoms with Crippen LogP contribution in [0.5, 0.6) is 0 Å². The molecule has 0 spiro atoms. The number of aryl methyl sites for hydroxylation is 2. The summed E-state index contributed by atoms with van der Waals surface area (Å²) in [5.74, 6) is 0.405. The zero-order valence-corrected chi connectivity index (χ0v) is 17.9. The van der Waals surface area contributed by atoms with Crippen molar-refractivity contribution in [2.75, 3.05) is 18.2 Å². The number of thioether (sulfide) groups is 1. The molecule has 0 saturated carbocycles. The van der Waals surface area contributed by atoms with Crippen LogP contribution in [0.1, 0.15) is 28.7 Å². The molecule has 1 aromatic carbocycles. The number of anilines is 1. The van der Waals surface area contributed by atoms with Gasteiger partial charge in [-0.2, -0.15) is 0 Å². The van der Waals surface area contributed by atoms with E-state index in [4.69, 9.17) is 4.74 Å². The number of aromatic nitrogens is 3. The maximum absolute atomic E-state index is 12.3. The highest BCUT2D eigenvalue weighted by Gasteiger charge is 2.17. The van der Waals surface area contributed by atoms with Gasteiger partial charge in [-0.15, -0.1) is 21.5 Å². The third-order valence-corrected chi connectivity index (χ3v) is 6.04. The lowest BCUT2D eigenvalue weighted by Crippen LogP contribution is -2.16. The number of amides is 1. The second kappa shape index (κ2) is 10.2. The van der Waals surface area contributed by atoms with Crippen LogP contribution in [0.15, 0.2) is 46.9 Å². The molecule has 3 rings (SSSR count). The maximum atomic E-state index is 12.3. The summed E-state index contributed by atoms with van der Waals surface area (Å²) in [6.45, 7) is 2.77. The summed E-state index contributed by atoms with van der Waals surface area (Å²) in [4.78, 5) is 24.0. The van der Waals surface area contributed by atoms with Gasteiger partial charge in [0.2, 0.25) is 5.91 Å². The number of rotatable bonds is 9. The molecule has 0 bridgehead atoms. The summed E-state index contributed by atoms with van der Waals surface area (Å²) in [5.41, 5.74) is 1.61. The van der Waals surface area contributed by atoms with Crippen molar-refractivity contribution in [1.82, 2.24) is 14.8 Å². The highest BCUT2D eigenvalue weighted by Crippen LogP contribution is 2.25. The van der Waals surface area contributed by atoms with Crippen molar-refractivity contribution in [3.05, 3.63) is 58.7 Å². The topological polar surface area (TPSA) is 86.1 Å². The first-order chi connectivity index (χ1) is 14.1. The SMILES string of the molecule is CCn1c(CCc2ccccc2)nnc1SCC(=O)Nc1sccc1C(=O)OC. The normalized spacial score (nSPS) is 10.7. The van der Waals surface area contributed by atoms with E-state index in [9.17, 15) is 9.59 Å². The summed E-state index contributed by atoms with van der Waals surface area (Å²) in [5, 5.41) is 14.3. The zero-order chi connectivity index (χ0) is 20.6. The average Bonchev–Trinajstić information content (AvgIpc) is 3.37. The van der Waals surface area contributed by atoms with Gasteiger partial charge in [0, 0.05) is 13.0 Å². The number of nitrogens with one attached hydrogen (secondary N) is 1. The van der Waals surface area contributed by atoms with Gasteiger partial charge in [-0.1, -0.05) is 42.1 Å². The van der Waals surface area contributed by atoms with E-state index in [1.165, 1.54) is 35.8 Å². The molecule has 7 nitrogen and oxygen atoms in total. The predicted octanol–water partition coefficient (Wildman–Crippen LogP) is 3.66. The Labute approximate surface area is 177 Å². The lowest BCUT2D eigenvalue weighted by molar-refractivity contribution is -0.113. The standard InChI is InChI=1S/C20H22N4O3S2/c1-3-24-16(10-9-14-7-5-4-6-8-14)22-23-20(24)29-13-17(25)21-18-15(11-12-28-18)19(26)27-2/h4-8,11-12H,3,9-10,13H2,1-2H3,(H,21,25). The average molecular weight is 431 g/mol. The van der Waals surface area contributed by atoms with Gasteiger partial charge in [-0.05, 0) is 30.4 Å². The van der Waals surface area contributed by atoms with E-state index < -0.39 is 5.97 Å². The van der Waals surface area contributed by atoms with Crippen LogP contribution in [0, 0.1) is 0 Å². The smallest absolute Gasteiger partial charge is 0.340 e. The first-order valence-electron chi connectivity index (χ1n) is 9.16. The van der Waals surface area contributed by atoms with Crippen molar-refractivity contribution >= 4 is 40.0 Å². The van der Waals surface area contributed by atoms with Gasteiger partial charge in [0.1, 0.15) is 10.8 Å². The van der Waals surface area contributed by atoms with Crippen LogP contribution in [0.3, 0.4) is 0 Å². The molecule has 1 amide bonds. The summed E-state index contributed by atoms with van der Waals surface area (Å²) < 4.78 is 6.76. The van der Waals surface area contributed by atoms with Gasteiger partial charge in [0.15, 0.2) is 5.16 Å². The third kappa shape index (κ3) is 5.45. The molecule has 0 radical (unpaired) electrons. The molecule has 0 aliphatic carbocycles. The highest BCUT2D eigenvalue weighted by molar-refractivity contribution is 7.99. The molecular formula is C20H22N4O3S2. The Morgan fingerprint density at radius 3 is 2.69 bits per heavy atom. The molecular weight excluding hydrogens is 408 g/mol. The van der Waals surface area contributed by atoms with Crippen molar-refractivity contribution in [3.63, 3.8) is 0 Å². The van der Waals surface area contributed by atoms with Gasteiger partial charge < -0.3 is 14.6 Å². The number of hydrogen-bond donors (Lipinski definition) is 1. The first kappa shape index (κ1) is 21.1. The Bertz CT molecular complexity index is 969. The fraction of sp³-hybridized carbons (Fsp3) is 0.300. The highest BCUT2D eigenvalue weighted by atomic mass is 32.2. The molecule has 0 aliphatic rings. The minimum Gasteiger partial charge on any atom is -0.465 e. The van der Waals surface area contributed by atoms with Crippen LogP contribution in [0.2, 0.25) is 0 Å². The van der Waals surface area contributed by atoms with Gasteiger partial charge in [0.05, 0.1) is 18.4 Å². The number of carbonyl (C=O) groups is 2. The molecule has 3 aromatic rings. The Hall–Kier alpha value is -2.65. The second-order valence-electron chi connectivity index (χ2n) is 6.12. The summed E-state index contributed by atoms with van der Waals surface area (Å²) >= 11 is 2.61. The van der Waals surface area contributed by atoms with Crippen molar-refractivity contribution in [2.24, 2.45) is 0 Å². The maximum Gasteiger partial charge on any atom is 0.340 e. The summed E-state index contributed by atoms with van der Waals surface area (Å²) in [7, 11) is 1.31. The van der Waals surface area contributed by atoms with Crippen LogP contribution in [-0.2, 0) is 28.9 Å². The van der Waals surface area contributed by atoms with Crippen LogP contribution >= 0.6 is 23.1 Å². The third-order valence-electron chi connectivity index (χ3n) is 4.25. The second-order valence-corrected chi connectivity index (χ2v) is 7.98. The summed E-state index contributed by atoms with van der Waals surface area (Å²) in [6, 6.07) is 11.9. The van der Waals surface area contributed by atoms with E-state index >= 15 is 0 Å². The van der Waals surface area contributed by atoms with Gasteiger partial charge in [-0.3, -0.25) is 4.79 Å². The molecule has 2 heterocycles. The number of thiophene rings is 1. The molecule has 29 heavy (non-hydrogen) atoms. The lowest BCUT2D eigenvalue weighted by Gasteiger charge is -2.08. The molecule has 0 unspecified atom stereocenters. The number of nitrogens with zero attached hydrogens (tertiary/aromatic N) is 3. The van der Waals surface area contributed by atoms with E-state index in [1.807, 2.05) is 29.7 Å².